The first-order valence-corrected chi connectivity index (χ1v) is 14.4. The van der Waals surface area contributed by atoms with Gasteiger partial charge in [-0.05, 0) is 94.6 Å². The van der Waals surface area contributed by atoms with Gasteiger partial charge in [-0.2, -0.15) is 0 Å². The number of likely N-dealkylation sites (tertiary alicyclic amines) is 1. The maximum Gasteiger partial charge on any atom is 0.410 e. The number of piperidine rings is 1. The van der Waals surface area contributed by atoms with Gasteiger partial charge in [0.25, 0.3) is 0 Å². The van der Waals surface area contributed by atoms with Gasteiger partial charge in [0.2, 0.25) is 5.91 Å². The second-order valence-corrected chi connectivity index (χ2v) is 12.3. The van der Waals surface area contributed by atoms with Gasteiger partial charge in [-0.1, -0.05) is 48.5 Å². The number of aryl methyl sites for hydroxylation is 2. The maximum atomic E-state index is 13.3. The second-order valence-electron chi connectivity index (χ2n) is 12.3. The quantitative estimate of drug-likeness (QED) is 0.544. The highest BCUT2D eigenvalue weighted by Crippen LogP contribution is 2.39. The first-order chi connectivity index (χ1) is 18.2. The van der Waals surface area contributed by atoms with Crippen molar-refractivity contribution in [2.24, 2.45) is 5.92 Å². The third kappa shape index (κ3) is 5.90. The Morgan fingerprint density at radius 2 is 1.45 bits per heavy atom. The molecule has 204 valence electrons. The van der Waals surface area contributed by atoms with Crippen LogP contribution in [-0.2, 0) is 22.4 Å². The van der Waals surface area contributed by atoms with Crippen molar-refractivity contribution < 1.29 is 14.3 Å². The molecule has 0 N–H and O–H groups in total. The molecule has 1 aliphatic carbocycles. The largest absolute Gasteiger partial charge is 0.444 e. The van der Waals surface area contributed by atoms with Crippen LogP contribution in [0.3, 0.4) is 0 Å². The zero-order valence-corrected chi connectivity index (χ0v) is 23.5. The zero-order chi connectivity index (χ0) is 26.9. The molecule has 6 heteroatoms. The summed E-state index contributed by atoms with van der Waals surface area (Å²) in [6.45, 7) is 11.3. The van der Waals surface area contributed by atoms with Crippen LogP contribution in [0.2, 0.25) is 0 Å². The van der Waals surface area contributed by atoms with Gasteiger partial charge in [0.15, 0.2) is 0 Å². The van der Waals surface area contributed by atoms with Crippen LogP contribution < -0.4 is 0 Å². The molecule has 0 aromatic heterocycles. The Kier molecular flexibility index (Phi) is 7.80. The van der Waals surface area contributed by atoms with E-state index in [1.54, 1.807) is 4.90 Å². The predicted octanol–water partition coefficient (Wildman–Crippen LogP) is 5.44. The molecule has 2 aliphatic heterocycles. The Labute approximate surface area is 227 Å². The molecule has 0 spiro atoms. The van der Waals surface area contributed by atoms with Crippen LogP contribution in [-0.4, -0.2) is 71.1 Å². The maximum absolute atomic E-state index is 13.3. The highest BCUT2D eigenvalue weighted by Gasteiger charge is 2.35. The third-order valence-electron chi connectivity index (χ3n) is 8.44. The molecule has 0 saturated carbocycles. The van der Waals surface area contributed by atoms with E-state index in [1.807, 2.05) is 32.6 Å². The SMILES string of the molecule is C[C@H]1CN(C(=O)OC(C)(C)C)CCN1C(=O)CC1CCN(C2c3ccccc3CCc3ccccc32)CC1. The van der Waals surface area contributed by atoms with Gasteiger partial charge in [-0.25, -0.2) is 4.79 Å². The summed E-state index contributed by atoms with van der Waals surface area (Å²) in [7, 11) is 0. The molecule has 6 nitrogen and oxygen atoms in total. The van der Waals surface area contributed by atoms with Gasteiger partial charge in [-0.3, -0.25) is 9.69 Å². The number of fused-ring (bicyclic) bond motifs is 2. The van der Waals surface area contributed by atoms with Crippen LogP contribution >= 0.6 is 0 Å². The minimum absolute atomic E-state index is 0.00264. The van der Waals surface area contributed by atoms with Crippen molar-refractivity contribution in [2.45, 2.75) is 77.5 Å². The topological polar surface area (TPSA) is 53.1 Å². The fourth-order valence-electron chi connectivity index (χ4n) is 6.49. The molecule has 2 saturated heterocycles. The molecule has 2 fully saturated rings. The average molecular weight is 518 g/mol. The van der Waals surface area contributed by atoms with E-state index in [0.717, 1.165) is 38.8 Å². The highest BCUT2D eigenvalue weighted by molar-refractivity contribution is 5.77. The van der Waals surface area contributed by atoms with Gasteiger partial charge >= 0.3 is 6.09 Å². The molecule has 2 aromatic carbocycles. The molecule has 0 bridgehead atoms. The van der Waals surface area contributed by atoms with Crippen molar-refractivity contribution in [2.75, 3.05) is 32.7 Å². The molecule has 5 rings (SSSR count). The van der Waals surface area contributed by atoms with E-state index in [1.165, 1.54) is 22.3 Å². The Morgan fingerprint density at radius 3 is 2.00 bits per heavy atom. The van der Waals surface area contributed by atoms with E-state index in [9.17, 15) is 9.59 Å². The lowest BCUT2D eigenvalue weighted by Gasteiger charge is -2.42. The Bertz CT molecular complexity index is 1100. The van der Waals surface area contributed by atoms with Crippen molar-refractivity contribution in [3.05, 3.63) is 70.8 Å². The molecule has 3 aliphatic rings. The summed E-state index contributed by atoms with van der Waals surface area (Å²) in [4.78, 5) is 32.2. The molecule has 2 amide bonds. The molecule has 1 atom stereocenters. The van der Waals surface area contributed by atoms with Gasteiger partial charge in [0.1, 0.15) is 5.60 Å². The second kappa shape index (κ2) is 11.1. The van der Waals surface area contributed by atoms with Gasteiger partial charge in [0, 0.05) is 32.1 Å². The summed E-state index contributed by atoms with van der Waals surface area (Å²) < 4.78 is 5.53. The molecule has 38 heavy (non-hydrogen) atoms. The lowest BCUT2D eigenvalue weighted by atomic mass is 9.88. The average Bonchev–Trinajstić information content (AvgIpc) is 3.05. The van der Waals surface area contributed by atoms with Crippen LogP contribution in [0, 0.1) is 5.92 Å². The number of hydrogen-bond donors (Lipinski definition) is 0. The normalized spacial score (nSPS) is 21.4. The van der Waals surface area contributed by atoms with Gasteiger partial charge in [0.05, 0.1) is 6.04 Å². The van der Waals surface area contributed by atoms with Crippen molar-refractivity contribution >= 4 is 12.0 Å². The zero-order valence-electron chi connectivity index (χ0n) is 23.5. The van der Waals surface area contributed by atoms with Crippen LogP contribution in [0.1, 0.15) is 75.3 Å². The Hall–Kier alpha value is -2.86. The number of rotatable bonds is 3. The summed E-state index contributed by atoms with van der Waals surface area (Å²) in [5.41, 5.74) is 5.31. The van der Waals surface area contributed by atoms with E-state index < -0.39 is 5.60 Å². The monoisotopic (exact) mass is 517 g/mol. The molecular formula is C32H43N3O3. The standard InChI is InChI=1S/C32H43N3O3/c1-23-22-34(31(37)38-32(2,3)4)19-20-35(23)29(36)21-24-15-17-33(18-16-24)30-27-11-7-5-9-25(27)13-14-26-10-6-8-12-28(26)30/h5-12,23-24,30H,13-22H2,1-4H3/t23-/m0/s1. The molecular weight excluding hydrogens is 474 g/mol. The summed E-state index contributed by atoms with van der Waals surface area (Å²) in [5.74, 6) is 0.635. The van der Waals surface area contributed by atoms with Crippen molar-refractivity contribution in [3.8, 4) is 0 Å². The smallest absolute Gasteiger partial charge is 0.410 e. The summed E-state index contributed by atoms with van der Waals surface area (Å²) in [6, 6.07) is 18.2. The van der Waals surface area contributed by atoms with E-state index in [4.69, 9.17) is 4.74 Å². The highest BCUT2D eigenvalue weighted by atomic mass is 16.6. The number of hydrogen-bond acceptors (Lipinski definition) is 4. The van der Waals surface area contributed by atoms with E-state index >= 15 is 0 Å². The van der Waals surface area contributed by atoms with Crippen LogP contribution in [0.25, 0.3) is 0 Å². The molecule has 0 radical (unpaired) electrons. The number of piperazine rings is 1. The number of ether oxygens (including phenoxy) is 1. The third-order valence-corrected chi connectivity index (χ3v) is 8.44. The fourth-order valence-corrected chi connectivity index (χ4v) is 6.49. The number of benzene rings is 2. The van der Waals surface area contributed by atoms with E-state index in [-0.39, 0.29) is 18.0 Å². The molecule has 2 aromatic rings. The van der Waals surface area contributed by atoms with E-state index in [0.29, 0.717) is 38.0 Å². The summed E-state index contributed by atoms with van der Waals surface area (Å²) in [5, 5.41) is 0. The first kappa shape index (κ1) is 26.7. The van der Waals surface area contributed by atoms with Crippen LogP contribution in [0.15, 0.2) is 48.5 Å². The van der Waals surface area contributed by atoms with Gasteiger partial charge < -0.3 is 14.5 Å². The number of carbonyl (C=O) groups is 2. The van der Waals surface area contributed by atoms with Crippen molar-refractivity contribution in [3.63, 3.8) is 0 Å². The first-order valence-electron chi connectivity index (χ1n) is 14.4. The van der Waals surface area contributed by atoms with Crippen LogP contribution in [0.4, 0.5) is 4.79 Å². The predicted molar refractivity (Wildman–Crippen MR) is 150 cm³/mol. The van der Waals surface area contributed by atoms with Gasteiger partial charge in [-0.15, -0.1) is 0 Å². The fraction of sp³-hybridized carbons (Fsp3) is 0.562. The minimum Gasteiger partial charge on any atom is -0.444 e. The minimum atomic E-state index is -0.511. The van der Waals surface area contributed by atoms with E-state index in [2.05, 4.69) is 53.4 Å². The number of carbonyl (C=O) groups excluding carboxylic acids is 2. The van der Waals surface area contributed by atoms with Crippen molar-refractivity contribution in [1.82, 2.24) is 14.7 Å². The van der Waals surface area contributed by atoms with Crippen LogP contribution in [0.5, 0.6) is 0 Å². The molecule has 2 heterocycles. The Morgan fingerprint density at radius 1 is 0.868 bits per heavy atom. The Balaban J connectivity index is 1.19. The summed E-state index contributed by atoms with van der Waals surface area (Å²) in [6.07, 6.45) is 4.58. The van der Waals surface area contributed by atoms with Crippen molar-refractivity contribution in [1.29, 1.82) is 0 Å². The summed E-state index contributed by atoms with van der Waals surface area (Å²) >= 11 is 0. The number of amides is 2. The number of nitrogens with zero attached hydrogens (tertiary/aromatic N) is 3. The molecule has 0 unspecified atom stereocenters. The lowest BCUT2D eigenvalue weighted by Crippen LogP contribution is -2.56. The lowest BCUT2D eigenvalue weighted by molar-refractivity contribution is -0.137.